The highest BCUT2D eigenvalue weighted by atomic mass is 16.5. The first-order valence-electron chi connectivity index (χ1n) is 11.9. The first kappa shape index (κ1) is 9.71. The summed E-state index contributed by atoms with van der Waals surface area (Å²) in [6, 6.07) is 0. The summed E-state index contributed by atoms with van der Waals surface area (Å²) in [7, 11) is 0. The number of likely N-dealkylation sites (N-methyl/N-ethyl adjacent to an activating group) is 1. The van der Waals surface area contributed by atoms with Crippen molar-refractivity contribution in [3.8, 4) is 0 Å². The summed E-state index contributed by atoms with van der Waals surface area (Å²) in [5, 5.41) is 9.09. The molecule has 22 heavy (non-hydrogen) atoms. The van der Waals surface area contributed by atoms with E-state index >= 15 is 0 Å². The summed E-state index contributed by atoms with van der Waals surface area (Å²) in [4.78, 5) is 23.3. The third kappa shape index (κ3) is 13.6. The monoisotopic (exact) mass is 323 g/mol. The van der Waals surface area contributed by atoms with Crippen LogP contribution in [0.1, 0.15) is 64.2 Å². The van der Waals surface area contributed by atoms with E-state index in [1.165, 1.54) is 0 Å². The zero-order valence-corrected chi connectivity index (χ0v) is 13.0. The summed E-state index contributed by atoms with van der Waals surface area (Å²) in [5.74, 6) is -2.36. The standard InChI is InChI=1S/C17H31NO4/c1-5-6-7-8-9-10-11-12-17(21)22-15(13-16(19)20)14-18(2,3)4/h9-10,15H,5-8,11-14H2,1-4H3/p+1/b10-9-/t15-/m1/s1/i2D3,3D3,4D3. The summed E-state index contributed by atoms with van der Waals surface area (Å²) in [6.45, 7) is -9.82. The molecule has 5 nitrogen and oxygen atoms in total. The second-order valence-corrected chi connectivity index (χ2v) is 5.21. The predicted molar refractivity (Wildman–Crippen MR) is 87.5 cm³/mol. The molecule has 0 saturated heterocycles. The number of hydrogen-bond donors (Lipinski definition) is 1. The summed E-state index contributed by atoms with van der Waals surface area (Å²) in [6.07, 6.45) is 5.15. The van der Waals surface area contributed by atoms with E-state index in [0.717, 1.165) is 25.7 Å². The summed E-state index contributed by atoms with van der Waals surface area (Å²) in [5.41, 5.74) is 0. The number of aliphatic carboxylic acids is 1. The Balaban J connectivity index is 5.49. The SMILES string of the molecule is [2H]C([2H])([2H])[N+](C[C@@H](CC(=O)O)OC(=O)CC/C=C\CCCCC)(C([2H])([2H])[2H])C([2H])([2H])[2H]. The lowest BCUT2D eigenvalue weighted by Crippen LogP contribution is -2.43. The van der Waals surface area contributed by atoms with Gasteiger partial charge in [-0.3, -0.25) is 9.59 Å². The van der Waals surface area contributed by atoms with Gasteiger partial charge in [0.25, 0.3) is 0 Å². The minimum atomic E-state index is -3.55. The second kappa shape index (κ2) is 11.2. The number of carboxylic acid groups (broad SMARTS) is 1. The minimum absolute atomic E-state index is 0.143. The molecule has 0 aliphatic carbocycles. The molecule has 0 saturated carbocycles. The van der Waals surface area contributed by atoms with Gasteiger partial charge in [0.05, 0.1) is 39.7 Å². The lowest BCUT2D eigenvalue weighted by molar-refractivity contribution is -0.873. The maximum atomic E-state index is 12.1. The summed E-state index contributed by atoms with van der Waals surface area (Å²) < 4.78 is 71.1. The van der Waals surface area contributed by atoms with E-state index in [9.17, 15) is 9.59 Å². The van der Waals surface area contributed by atoms with Crippen LogP contribution in [0.5, 0.6) is 0 Å². The van der Waals surface area contributed by atoms with Crippen molar-refractivity contribution in [2.24, 2.45) is 0 Å². The molecule has 1 atom stereocenters. The molecule has 0 fully saturated rings. The Morgan fingerprint density at radius 2 is 1.91 bits per heavy atom. The molecule has 0 aromatic rings. The molecule has 0 amide bonds. The van der Waals surface area contributed by atoms with E-state index in [4.69, 9.17) is 22.2 Å². The van der Waals surface area contributed by atoms with Gasteiger partial charge in [-0.1, -0.05) is 31.9 Å². The van der Waals surface area contributed by atoms with Crippen LogP contribution in [0.3, 0.4) is 0 Å². The quantitative estimate of drug-likeness (QED) is 0.259. The Morgan fingerprint density at radius 3 is 2.50 bits per heavy atom. The number of rotatable bonds is 12. The van der Waals surface area contributed by atoms with Crippen molar-refractivity contribution in [3.63, 3.8) is 0 Å². The maximum absolute atomic E-state index is 12.1. The van der Waals surface area contributed by atoms with Crippen molar-refractivity contribution in [2.75, 3.05) is 27.5 Å². The molecule has 0 aromatic heterocycles. The zero-order chi connectivity index (χ0) is 24.5. The molecule has 0 unspecified atom stereocenters. The lowest BCUT2D eigenvalue weighted by atomic mass is 10.2. The normalized spacial score (nSPS) is 21.0. The van der Waals surface area contributed by atoms with Gasteiger partial charge in [0.15, 0.2) is 6.10 Å². The van der Waals surface area contributed by atoms with Crippen LogP contribution in [0.4, 0.5) is 0 Å². The zero-order valence-electron chi connectivity index (χ0n) is 22.0. The number of allylic oxidation sites excluding steroid dienone is 2. The number of quaternary nitrogens is 1. The van der Waals surface area contributed by atoms with Crippen molar-refractivity contribution in [3.05, 3.63) is 12.2 Å². The third-order valence-electron chi connectivity index (χ3n) is 2.83. The van der Waals surface area contributed by atoms with Crippen molar-refractivity contribution >= 4 is 11.9 Å². The number of esters is 1. The number of nitrogens with zero attached hydrogens (tertiary/aromatic N) is 1. The van der Waals surface area contributed by atoms with Crippen molar-refractivity contribution in [1.29, 1.82) is 0 Å². The number of unbranched alkanes of at least 4 members (excludes halogenated alkanes) is 3. The highest BCUT2D eigenvalue weighted by molar-refractivity contribution is 5.71. The van der Waals surface area contributed by atoms with E-state index in [-0.39, 0.29) is 6.42 Å². The third-order valence-corrected chi connectivity index (χ3v) is 2.83. The highest BCUT2D eigenvalue weighted by Crippen LogP contribution is 2.08. The smallest absolute Gasteiger partial charge is 0.307 e. The Morgan fingerprint density at radius 1 is 1.23 bits per heavy atom. The average Bonchev–Trinajstić information content (AvgIpc) is 2.54. The molecule has 0 rings (SSSR count). The number of carboxylic acids is 1. The number of carbonyl (C=O) groups excluding carboxylic acids is 1. The molecule has 0 bridgehead atoms. The Kier molecular flexibility index (Phi) is 4.96. The minimum Gasteiger partial charge on any atom is -0.481 e. The van der Waals surface area contributed by atoms with Gasteiger partial charge in [-0.2, -0.15) is 0 Å². The van der Waals surface area contributed by atoms with Crippen LogP contribution in [-0.2, 0) is 14.3 Å². The molecule has 0 aliphatic rings. The van der Waals surface area contributed by atoms with Crippen LogP contribution < -0.4 is 0 Å². The van der Waals surface area contributed by atoms with Gasteiger partial charge in [-0.05, 0) is 19.3 Å². The van der Waals surface area contributed by atoms with Crippen LogP contribution in [0.2, 0.25) is 0 Å². The van der Waals surface area contributed by atoms with Crippen molar-refractivity contribution < 1.29 is 36.3 Å². The van der Waals surface area contributed by atoms with Crippen molar-refractivity contribution in [1.82, 2.24) is 0 Å². The molecule has 0 aliphatic heterocycles. The van der Waals surface area contributed by atoms with Gasteiger partial charge in [0.1, 0.15) is 6.54 Å². The maximum Gasteiger partial charge on any atom is 0.307 e. The number of ether oxygens (including phenoxy) is 1. The summed E-state index contributed by atoms with van der Waals surface area (Å²) >= 11 is 0. The molecule has 0 radical (unpaired) electrons. The fraction of sp³-hybridized carbons (Fsp3) is 0.765. The Bertz CT molecular complexity index is 576. The van der Waals surface area contributed by atoms with Crippen LogP contribution in [0.25, 0.3) is 0 Å². The molecule has 0 aromatic carbocycles. The van der Waals surface area contributed by atoms with E-state index in [2.05, 4.69) is 6.92 Å². The van der Waals surface area contributed by atoms with Crippen molar-refractivity contribution in [2.45, 2.75) is 58.0 Å². The second-order valence-electron chi connectivity index (χ2n) is 5.21. The fourth-order valence-electron chi connectivity index (χ4n) is 1.84. The highest BCUT2D eigenvalue weighted by Gasteiger charge is 2.24. The number of hydrogen-bond acceptors (Lipinski definition) is 3. The Labute approximate surface area is 147 Å². The van der Waals surface area contributed by atoms with E-state index in [1.54, 1.807) is 6.08 Å². The molecular formula is C17H32NO4+. The van der Waals surface area contributed by atoms with Gasteiger partial charge in [-0.15, -0.1) is 0 Å². The molecule has 128 valence electrons. The lowest BCUT2D eigenvalue weighted by Gasteiger charge is -2.28. The van der Waals surface area contributed by atoms with E-state index in [0.29, 0.717) is 6.42 Å². The largest absolute Gasteiger partial charge is 0.481 e. The first-order chi connectivity index (χ1) is 14.0. The topological polar surface area (TPSA) is 63.6 Å². The van der Waals surface area contributed by atoms with Crippen LogP contribution in [-0.4, -0.2) is 55.1 Å². The molecule has 0 heterocycles. The predicted octanol–water partition coefficient (Wildman–Crippen LogP) is 3.00. The van der Waals surface area contributed by atoms with Crippen LogP contribution in [0.15, 0.2) is 12.2 Å². The molecule has 1 N–H and O–H groups in total. The van der Waals surface area contributed by atoms with Gasteiger partial charge in [0, 0.05) is 6.42 Å². The van der Waals surface area contributed by atoms with Crippen LogP contribution >= 0.6 is 0 Å². The number of carbonyl (C=O) groups is 2. The van der Waals surface area contributed by atoms with Gasteiger partial charge in [-0.25, -0.2) is 0 Å². The van der Waals surface area contributed by atoms with E-state index < -0.39 is 56.4 Å². The first-order valence-corrected chi connectivity index (χ1v) is 7.44. The van der Waals surface area contributed by atoms with Gasteiger partial charge in [0.2, 0.25) is 0 Å². The fourth-order valence-corrected chi connectivity index (χ4v) is 1.84. The average molecular weight is 324 g/mol. The van der Waals surface area contributed by atoms with Crippen LogP contribution in [0, 0.1) is 0 Å². The molecule has 0 spiro atoms. The van der Waals surface area contributed by atoms with E-state index in [1.807, 2.05) is 6.08 Å². The molecule has 5 heteroatoms. The van der Waals surface area contributed by atoms with Gasteiger partial charge >= 0.3 is 11.9 Å². The Hall–Kier alpha value is -1.36. The molecular weight excluding hydrogens is 282 g/mol. The van der Waals surface area contributed by atoms with Gasteiger partial charge < -0.3 is 14.3 Å².